The fraction of sp³-hybridized carbons (Fsp3) is 0.176. The van der Waals surface area contributed by atoms with Crippen LogP contribution in [-0.2, 0) is 5.75 Å². The maximum absolute atomic E-state index is 11.5. The summed E-state index contributed by atoms with van der Waals surface area (Å²) in [5, 5.41) is 18.6. The van der Waals surface area contributed by atoms with Crippen molar-refractivity contribution in [1.82, 2.24) is 4.98 Å². The standard InChI is InChI=1S/C17H13N3OS/c1-11-16(12(2)21)7-15(9-19)17(20-11)22-10-14-5-3-13(8-18)4-6-14/h3-7H,10H2,1-2H3. The van der Waals surface area contributed by atoms with Gasteiger partial charge >= 0.3 is 0 Å². The van der Waals surface area contributed by atoms with Crippen LogP contribution < -0.4 is 0 Å². The molecule has 2 rings (SSSR count). The van der Waals surface area contributed by atoms with Gasteiger partial charge in [-0.15, -0.1) is 11.8 Å². The van der Waals surface area contributed by atoms with Crippen LogP contribution in [-0.4, -0.2) is 10.8 Å². The number of thioether (sulfide) groups is 1. The third-order valence-electron chi connectivity index (χ3n) is 3.14. The Kier molecular flexibility index (Phi) is 4.93. The Morgan fingerprint density at radius 3 is 2.45 bits per heavy atom. The highest BCUT2D eigenvalue weighted by atomic mass is 32.2. The van der Waals surface area contributed by atoms with Crippen molar-refractivity contribution in [3.63, 3.8) is 0 Å². The first-order valence-electron chi connectivity index (χ1n) is 6.59. The number of carbonyl (C=O) groups is 1. The van der Waals surface area contributed by atoms with Gasteiger partial charge in [0, 0.05) is 17.0 Å². The summed E-state index contributed by atoms with van der Waals surface area (Å²) >= 11 is 1.44. The van der Waals surface area contributed by atoms with E-state index in [0.717, 1.165) is 5.56 Å². The number of Topliss-reactive ketones (excluding diaryl/α,β-unsaturated/α-hetero) is 1. The lowest BCUT2D eigenvalue weighted by Gasteiger charge is -2.08. The normalized spacial score (nSPS) is 9.82. The zero-order chi connectivity index (χ0) is 16.1. The Morgan fingerprint density at radius 2 is 1.91 bits per heavy atom. The molecule has 0 amide bonds. The fourth-order valence-corrected chi connectivity index (χ4v) is 2.91. The van der Waals surface area contributed by atoms with Crippen LogP contribution in [0.2, 0.25) is 0 Å². The van der Waals surface area contributed by atoms with Gasteiger partial charge in [0.2, 0.25) is 0 Å². The Hall–Kier alpha value is -2.63. The molecular weight excluding hydrogens is 294 g/mol. The van der Waals surface area contributed by atoms with Gasteiger partial charge in [0.05, 0.1) is 17.2 Å². The Morgan fingerprint density at radius 1 is 1.23 bits per heavy atom. The summed E-state index contributed by atoms with van der Waals surface area (Å²) in [6.45, 7) is 3.23. The van der Waals surface area contributed by atoms with Gasteiger partial charge in [-0.3, -0.25) is 4.79 Å². The highest BCUT2D eigenvalue weighted by Gasteiger charge is 2.12. The molecule has 1 heterocycles. The topological polar surface area (TPSA) is 77.5 Å². The lowest BCUT2D eigenvalue weighted by molar-refractivity contribution is 0.101. The van der Waals surface area contributed by atoms with E-state index in [4.69, 9.17) is 5.26 Å². The van der Waals surface area contributed by atoms with Crippen molar-refractivity contribution in [3.05, 3.63) is 58.3 Å². The maximum atomic E-state index is 11.5. The van der Waals surface area contributed by atoms with Gasteiger partial charge in [-0.25, -0.2) is 4.98 Å². The van der Waals surface area contributed by atoms with Crippen LogP contribution in [0.5, 0.6) is 0 Å². The van der Waals surface area contributed by atoms with Crippen LogP contribution >= 0.6 is 11.8 Å². The number of aromatic nitrogens is 1. The molecule has 0 aliphatic rings. The number of pyridine rings is 1. The summed E-state index contributed by atoms with van der Waals surface area (Å²) < 4.78 is 0. The summed E-state index contributed by atoms with van der Waals surface area (Å²) in [7, 11) is 0. The highest BCUT2D eigenvalue weighted by molar-refractivity contribution is 7.98. The van der Waals surface area contributed by atoms with Crippen molar-refractivity contribution in [2.45, 2.75) is 24.6 Å². The van der Waals surface area contributed by atoms with E-state index < -0.39 is 0 Å². The average Bonchev–Trinajstić information content (AvgIpc) is 2.53. The molecule has 0 unspecified atom stereocenters. The predicted molar refractivity (Wildman–Crippen MR) is 84.4 cm³/mol. The lowest BCUT2D eigenvalue weighted by atomic mass is 10.1. The Balaban J connectivity index is 2.22. The molecule has 0 saturated carbocycles. The van der Waals surface area contributed by atoms with Crippen LogP contribution in [0.1, 0.15) is 39.7 Å². The van der Waals surface area contributed by atoms with Gasteiger partial charge in [-0.2, -0.15) is 10.5 Å². The molecule has 108 valence electrons. The SMILES string of the molecule is CC(=O)c1cc(C#N)c(SCc2ccc(C#N)cc2)nc1C. The third kappa shape index (κ3) is 3.52. The second-order valence-corrected chi connectivity index (χ2v) is 5.70. The van der Waals surface area contributed by atoms with E-state index in [1.54, 1.807) is 25.1 Å². The minimum absolute atomic E-state index is 0.0925. The average molecular weight is 307 g/mol. The van der Waals surface area contributed by atoms with Gasteiger partial charge in [-0.1, -0.05) is 12.1 Å². The van der Waals surface area contributed by atoms with E-state index in [1.807, 2.05) is 12.1 Å². The summed E-state index contributed by atoms with van der Waals surface area (Å²) in [5.74, 6) is 0.553. The van der Waals surface area contributed by atoms with Gasteiger partial charge < -0.3 is 0 Å². The van der Waals surface area contributed by atoms with Crippen molar-refractivity contribution in [2.75, 3.05) is 0 Å². The molecule has 0 radical (unpaired) electrons. The van der Waals surface area contributed by atoms with Crippen molar-refractivity contribution in [2.24, 2.45) is 0 Å². The minimum Gasteiger partial charge on any atom is -0.294 e. The second-order valence-electron chi connectivity index (χ2n) is 4.74. The summed E-state index contributed by atoms with van der Waals surface area (Å²) in [4.78, 5) is 15.9. The van der Waals surface area contributed by atoms with Crippen LogP contribution in [0, 0.1) is 29.6 Å². The Bertz CT molecular complexity index is 798. The van der Waals surface area contributed by atoms with Gasteiger partial charge in [0.15, 0.2) is 5.78 Å². The van der Waals surface area contributed by atoms with Crippen molar-refractivity contribution in [1.29, 1.82) is 10.5 Å². The molecule has 0 saturated heterocycles. The van der Waals surface area contributed by atoms with Crippen LogP contribution in [0.4, 0.5) is 0 Å². The first kappa shape index (κ1) is 15.8. The molecule has 0 aliphatic carbocycles. The fourth-order valence-electron chi connectivity index (χ4n) is 1.96. The van der Waals surface area contributed by atoms with Crippen molar-refractivity contribution >= 4 is 17.5 Å². The van der Waals surface area contributed by atoms with Crippen LogP contribution in [0.15, 0.2) is 35.4 Å². The van der Waals surface area contributed by atoms with E-state index in [1.165, 1.54) is 18.7 Å². The van der Waals surface area contributed by atoms with E-state index in [2.05, 4.69) is 17.1 Å². The molecule has 22 heavy (non-hydrogen) atoms. The van der Waals surface area contributed by atoms with Gasteiger partial charge in [0.25, 0.3) is 0 Å². The second kappa shape index (κ2) is 6.89. The molecule has 0 spiro atoms. The zero-order valence-electron chi connectivity index (χ0n) is 12.3. The minimum atomic E-state index is -0.0925. The molecule has 0 atom stereocenters. The first-order valence-corrected chi connectivity index (χ1v) is 7.58. The van der Waals surface area contributed by atoms with Crippen LogP contribution in [0.25, 0.3) is 0 Å². The molecule has 1 aromatic heterocycles. The quantitative estimate of drug-likeness (QED) is 0.636. The Labute approximate surface area is 133 Å². The monoisotopic (exact) mass is 307 g/mol. The third-order valence-corrected chi connectivity index (χ3v) is 4.20. The number of nitriles is 2. The summed E-state index contributed by atoms with van der Waals surface area (Å²) in [5.41, 5.74) is 3.19. The van der Waals surface area contributed by atoms with E-state index >= 15 is 0 Å². The zero-order valence-corrected chi connectivity index (χ0v) is 13.1. The number of ketones is 1. The molecule has 0 N–H and O–H groups in total. The maximum Gasteiger partial charge on any atom is 0.161 e. The molecule has 0 bridgehead atoms. The van der Waals surface area contributed by atoms with Gasteiger partial charge in [0.1, 0.15) is 11.1 Å². The molecule has 0 aliphatic heterocycles. The number of carbonyl (C=O) groups excluding carboxylic acids is 1. The largest absolute Gasteiger partial charge is 0.294 e. The van der Waals surface area contributed by atoms with E-state index in [0.29, 0.717) is 33.2 Å². The molecule has 4 nitrogen and oxygen atoms in total. The van der Waals surface area contributed by atoms with E-state index in [9.17, 15) is 10.1 Å². The number of hydrogen-bond acceptors (Lipinski definition) is 5. The number of hydrogen-bond donors (Lipinski definition) is 0. The van der Waals surface area contributed by atoms with Gasteiger partial charge in [-0.05, 0) is 37.6 Å². The first-order chi connectivity index (χ1) is 10.5. The number of benzene rings is 1. The molecular formula is C17H13N3OS. The predicted octanol–water partition coefficient (Wildman–Crippen LogP) is 3.63. The number of nitrogens with zero attached hydrogens (tertiary/aromatic N) is 3. The van der Waals surface area contributed by atoms with Crippen molar-refractivity contribution < 1.29 is 4.79 Å². The summed E-state index contributed by atoms with van der Waals surface area (Å²) in [6, 6.07) is 13.1. The molecule has 0 fully saturated rings. The highest BCUT2D eigenvalue weighted by Crippen LogP contribution is 2.26. The summed E-state index contributed by atoms with van der Waals surface area (Å²) in [6.07, 6.45) is 0. The number of rotatable bonds is 4. The smallest absolute Gasteiger partial charge is 0.161 e. The lowest BCUT2D eigenvalue weighted by Crippen LogP contribution is -2.02. The van der Waals surface area contributed by atoms with E-state index in [-0.39, 0.29) is 5.78 Å². The molecule has 1 aromatic carbocycles. The van der Waals surface area contributed by atoms with Crippen molar-refractivity contribution in [3.8, 4) is 12.1 Å². The van der Waals surface area contributed by atoms with Crippen LogP contribution in [0.3, 0.4) is 0 Å². The molecule has 2 aromatic rings. The number of aryl methyl sites for hydroxylation is 1. The molecule has 5 heteroatoms.